The number of halogens is 4. The fourth-order valence-electron chi connectivity index (χ4n) is 4.74. The molecule has 0 saturated carbocycles. The van der Waals surface area contributed by atoms with E-state index in [-0.39, 0.29) is 51.9 Å². The summed E-state index contributed by atoms with van der Waals surface area (Å²) in [5, 5.41) is 3.30. The van der Waals surface area contributed by atoms with E-state index in [1.165, 1.54) is 6.07 Å². The van der Waals surface area contributed by atoms with E-state index in [9.17, 15) is 22.8 Å². The number of furan rings is 1. The molecule has 0 spiro atoms. The summed E-state index contributed by atoms with van der Waals surface area (Å²) in [6.07, 6.45) is -3.68. The standard InChI is InChI=1S/C26H25ClF3NO4/c1-5-34-24(33)21-13(2)31-17-11-25(3,4)12-18(32)22(17)23(21)20-9-8-19(35-20)15-10-14(26(28,29)30)6-7-16(15)27/h6-10,23,31H,5,11-12H2,1-4H3/t23-/m0/s1. The smallest absolute Gasteiger partial charge is 0.416 e. The van der Waals surface area contributed by atoms with Crippen molar-refractivity contribution >= 4 is 23.4 Å². The monoisotopic (exact) mass is 507 g/mol. The molecule has 0 radical (unpaired) electrons. The van der Waals surface area contributed by atoms with Crippen molar-refractivity contribution in [2.75, 3.05) is 6.61 Å². The van der Waals surface area contributed by atoms with Crippen LogP contribution in [0.4, 0.5) is 13.2 Å². The van der Waals surface area contributed by atoms with Gasteiger partial charge in [-0.05, 0) is 56.0 Å². The first kappa shape index (κ1) is 25.1. The first-order valence-corrected chi connectivity index (χ1v) is 11.6. The van der Waals surface area contributed by atoms with Crippen molar-refractivity contribution in [1.29, 1.82) is 0 Å². The molecule has 186 valence electrons. The molecule has 0 fully saturated rings. The van der Waals surface area contributed by atoms with E-state index in [2.05, 4.69) is 5.32 Å². The number of ketones is 1. The highest BCUT2D eigenvalue weighted by atomic mass is 35.5. The zero-order chi connectivity index (χ0) is 25.7. The minimum atomic E-state index is -4.55. The molecule has 2 aliphatic rings. The number of allylic oxidation sites excluding steroid dienone is 3. The molecule has 1 atom stereocenters. The van der Waals surface area contributed by atoms with Crippen LogP contribution in [-0.4, -0.2) is 18.4 Å². The summed E-state index contributed by atoms with van der Waals surface area (Å²) in [6.45, 7) is 7.53. The number of rotatable bonds is 4. The van der Waals surface area contributed by atoms with Crippen molar-refractivity contribution < 1.29 is 31.9 Å². The second-order valence-corrected chi connectivity index (χ2v) is 9.95. The Kier molecular flexibility index (Phi) is 6.38. The summed E-state index contributed by atoms with van der Waals surface area (Å²) in [6, 6.07) is 6.03. The van der Waals surface area contributed by atoms with E-state index in [4.69, 9.17) is 20.8 Å². The van der Waals surface area contributed by atoms with Crippen LogP contribution in [0.5, 0.6) is 0 Å². The predicted molar refractivity (Wildman–Crippen MR) is 124 cm³/mol. The number of alkyl halides is 3. The topological polar surface area (TPSA) is 68.5 Å². The lowest BCUT2D eigenvalue weighted by molar-refractivity contribution is -0.139. The molecular weight excluding hydrogens is 483 g/mol. The third-order valence-electron chi connectivity index (χ3n) is 6.21. The summed E-state index contributed by atoms with van der Waals surface area (Å²) in [5.74, 6) is -1.23. The number of benzene rings is 1. The van der Waals surface area contributed by atoms with Gasteiger partial charge in [0.05, 0.1) is 28.7 Å². The number of dihydropyridines is 1. The second-order valence-electron chi connectivity index (χ2n) is 9.54. The minimum Gasteiger partial charge on any atom is -0.463 e. The van der Waals surface area contributed by atoms with E-state index in [0.717, 1.165) is 18.2 Å². The molecule has 2 heterocycles. The van der Waals surface area contributed by atoms with Crippen molar-refractivity contribution in [3.8, 4) is 11.3 Å². The molecule has 1 N–H and O–H groups in total. The summed E-state index contributed by atoms with van der Waals surface area (Å²) in [5.41, 5.74) is 0.808. The largest absolute Gasteiger partial charge is 0.463 e. The van der Waals surface area contributed by atoms with Crippen LogP contribution in [0.2, 0.25) is 5.02 Å². The van der Waals surface area contributed by atoms with Gasteiger partial charge in [-0.2, -0.15) is 13.2 Å². The van der Waals surface area contributed by atoms with E-state index in [1.54, 1.807) is 19.9 Å². The predicted octanol–water partition coefficient (Wildman–Crippen LogP) is 6.79. The molecule has 9 heteroatoms. The van der Waals surface area contributed by atoms with Gasteiger partial charge in [-0.1, -0.05) is 25.4 Å². The van der Waals surface area contributed by atoms with Gasteiger partial charge in [-0.3, -0.25) is 4.79 Å². The van der Waals surface area contributed by atoms with Crippen LogP contribution < -0.4 is 5.32 Å². The molecule has 2 aromatic rings. The lowest BCUT2D eigenvalue weighted by Gasteiger charge is -2.38. The molecule has 0 saturated heterocycles. The van der Waals surface area contributed by atoms with Gasteiger partial charge in [-0.15, -0.1) is 0 Å². The first-order chi connectivity index (χ1) is 16.3. The number of carbonyl (C=O) groups is 2. The van der Waals surface area contributed by atoms with Crippen LogP contribution >= 0.6 is 11.6 Å². The SMILES string of the molecule is CCOC(=O)C1=C(C)NC2=C(C(=O)CC(C)(C)C2)[C@H]1c1ccc(-c2cc(C(F)(F)F)ccc2Cl)o1. The highest BCUT2D eigenvalue weighted by Gasteiger charge is 2.44. The van der Waals surface area contributed by atoms with Gasteiger partial charge in [0.1, 0.15) is 11.5 Å². The third kappa shape index (κ3) is 4.76. The van der Waals surface area contributed by atoms with Crippen LogP contribution in [-0.2, 0) is 20.5 Å². The number of Topliss-reactive ketones (excluding diaryl/α,β-unsaturated/α-hetero) is 1. The van der Waals surface area contributed by atoms with Gasteiger partial charge in [0, 0.05) is 29.0 Å². The summed E-state index contributed by atoms with van der Waals surface area (Å²) >= 11 is 6.20. The van der Waals surface area contributed by atoms with Gasteiger partial charge in [0.15, 0.2) is 5.78 Å². The molecule has 0 unspecified atom stereocenters. The number of hydrogen-bond acceptors (Lipinski definition) is 5. The highest BCUT2D eigenvalue weighted by molar-refractivity contribution is 6.33. The molecule has 0 bridgehead atoms. The van der Waals surface area contributed by atoms with Crippen molar-refractivity contribution in [3.63, 3.8) is 0 Å². The van der Waals surface area contributed by atoms with Gasteiger partial charge in [-0.25, -0.2) is 4.79 Å². The van der Waals surface area contributed by atoms with Crippen molar-refractivity contribution in [2.45, 2.75) is 52.6 Å². The van der Waals surface area contributed by atoms with Crippen LogP contribution in [0.25, 0.3) is 11.3 Å². The molecule has 1 aliphatic carbocycles. The average molecular weight is 508 g/mol. The number of carbonyl (C=O) groups excluding carboxylic acids is 2. The Morgan fingerprint density at radius 1 is 1.23 bits per heavy atom. The van der Waals surface area contributed by atoms with Gasteiger partial charge >= 0.3 is 12.1 Å². The average Bonchev–Trinajstić information content (AvgIpc) is 3.21. The number of esters is 1. The van der Waals surface area contributed by atoms with Crippen LogP contribution in [0.3, 0.4) is 0 Å². The fraction of sp³-hybridized carbons (Fsp3) is 0.385. The maximum absolute atomic E-state index is 13.3. The Bertz CT molecular complexity index is 1270. The normalized spacial score (nSPS) is 20.0. The van der Waals surface area contributed by atoms with E-state index in [1.807, 2.05) is 13.8 Å². The lowest BCUT2D eigenvalue weighted by Crippen LogP contribution is -2.38. The van der Waals surface area contributed by atoms with Gasteiger partial charge in [0.2, 0.25) is 0 Å². The number of nitrogens with one attached hydrogen (secondary N) is 1. The van der Waals surface area contributed by atoms with E-state index in [0.29, 0.717) is 23.4 Å². The molecule has 5 nitrogen and oxygen atoms in total. The maximum Gasteiger partial charge on any atom is 0.416 e. The molecule has 1 aromatic heterocycles. The van der Waals surface area contributed by atoms with Crippen molar-refractivity contribution in [2.24, 2.45) is 5.41 Å². The molecular formula is C26H25ClF3NO4. The zero-order valence-electron chi connectivity index (χ0n) is 19.7. The summed E-state index contributed by atoms with van der Waals surface area (Å²) in [7, 11) is 0. The Labute approximate surface area is 206 Å². The van der Waals surface area contributed by atoms with Crippen LogP contribution in [0, 0.1) is 5.41 Å². The Morgan fingerprint density at radius 3 is 2.60 bits per heavy atom. The quantitative estimate of drug-likeness (QED) is 0.462. The Hall–Kier alpha value is -3.00. The van der Waals surface area contributed by atoms with E-state index >= 15 is 0 Å². The van der Waals surface area contributed by atoms with Crippen LogP contribution in [0.1, 0.15) is 57.8 Å². The molecule has 1 aliphatic heterocycles. The number of hydrogen-bond donors (Lipinski definition) is 1. The Balaban J connectivity index is 1.85. The molecule has 0 amide bonds. The lowest BCUT2D eigenvalue weighted by atomic mass is 9.69. The summed E-state index contributed by atoms with van der Waals surface area (Å²) in [4.78, 5) is 26.2. The van der Waals surface area contributed by atoms with Crippen molar-refractivity contribution in [1.82, 2.24) is 5.32 Å². The zero-order valence-corrected chi connectivity index (χ0v) is 20.5. The minimum absolute atomic E-state index is 0.0605. The fourth-order valence-corrected chi connectivity index (χ4v) is 4.95. The number of ether oxygens (including phenoxy) is 1. The Morgan fingerprint density at radius 2 is 1.94 bits per heavy atom. The summed E-state index contributed by atoms with van der Waals surface area (Å²) < 4.78 is 51.1. The van der Waals surface area contributed by atoms with Gasteiger partial charge < -0.3 is 14.5 Å². The molecule has 35 heavy (non-hydrogen) atoms. The first-order valence-electron chi connectivity index (χ1n) is 11.2. The van der Waals surface area contributed by atoms with E-state index < -0.39 is 23.6 Å². The second kappa shape index (κ2) is 8.90. The van der Waals surface area contributed by atoms with Crippen molar-refractivity contribution in [3.05, 3.63) is 69.2 Å². The molecule has 1 aromatic carbocycles. The van der Waals surface area contributed by atoms with Crippen LogP contribution in [0.15, 0.2) is 57.3 Å². The third-order valence-corrected chi connectivity index (χ3v) is 6.54. The van der Waals surface area contributed by atoms with Gasteiger partial charge in [0.25, 0.3) is 0 Å². The maximum atomic E-state index is 13.3. The highest BCUT2D eigenvalue weighted by Crippen LogP contribution is 2.48. The molecule has 4 rings (SSSR count).